The van der Waals surface area contributed by atoms with Gasteiger partial charge in [-0.25, -0.2) is 19.7 Å². The number of hydrogen-bond donors (Lipinski definition) is 0. The van der Waals surface area contributed by atoms with Crippen LogP contribution in [-0.2, 0) is 23.4 Å². The van der Waals surface area contributed by atoms with Crippen LogP contribution in [0.15, 0.2) is 22.9 Å². The van der Waals surface area contributed by atoms with Crippen LogP contribution in [0.25, 0.3) is 11.2 Å². The molecule has 2 fully saturated rings. The van der Waals surface area contributed by atoms with Crippen LogP contribution in [0.5, 0.6) is 0 Å². The lowest BCUT2D eigenvalue weighted by atomic mass is 10.0. The molecule has 14 heteroatoms. The third-order valence-electron chi connectivity index (χ3n) is 8.81. The van der Waals surface area contributed by atoms with Crippen molar-refractivity contribution < 1.29 is 28.2 Å². The first-order chi connectivity index (χ1) is 20.9. The molecule has 5 rings (SSSR count). The molecule has 13 nitrogen and oxygen atoms in total. The summed E-state index contributed by atoms with van der Waals surface area (Å²) in [6.07, 6.45) is 7.85. The first-order valence-electron chi connectivity index (χ1n) is 15.6. The van der Waals surface area contributed by atoms with Crippen molar-refractivity contribution in [2.45, 2.75) is 134 Å². The van der Waals surface area contributed by atoms with Gasteiger partial charge in [-0.05, 0) is 52.8 Å². The summed E-state index contributed by atoms with van der Waals surface area (Å²) in [4.78, 5) is 28.8. The van der Waals surface area contributed by atoms with E-state index in [1.165, 1.54) is 11.2 Å². The maximum atomic E-state index is 13.5. The van der Waals surface area contributed by atoms with Gasteiger partial charge >= 0.3 is 6.09 Å². The molecule has 5 heterocycles. The number of rotatable bonds is 10. The van der Waals surface area contributed by atoms with Crippen LogP contribution in [0.3, 0.4) is 0 Å². The quantitative estimate of drug-likeness (QED) is 0.227. The summed E-state index contributed by atoms with van der Waals surface area (Å²) in [7, 11) is -2.05. The smallest absolute Gasteiger partial charge is 0.416 e. The SMILES string of the molecule is C#CCCC1(CCN(C(=O)OC(C)(C)C)c2ncnc3c2ncn3[C@H]2O[C@@H](CO[Si](C)(C)C(C)(C)C)[C@H]3OC(C)(C)OC32)N=N1. The highest BCUT2D eigenvalue weighted by molar-refractivity contribution is 6.74. The van der Waals surface area contributed by atoms with Crippen molar-refractivity contribution in [1.29, 1.82) is 0 Å². The molecule has 2 aromatic rings. The summed E-state index contributed by atoms with van der Waals surface area (Å²) in [5.41, 5.74) is -0.416. The van der Waals surface area contributed by atoms with E-state index in [1.807, 2.05) is 39.2 Å². The van der Waals surface area contributed by atoms with E-state index in [2.05, 4.69) is 65.0 Å². The van der Waals surface area contributed by atoms with Crippen LogP contribution in [-0.4, -0.2) is 82.4 Å². The maximum Gasteiger partial charge on any atom is 0.416 e. The number of aromatic nitrogens is 4. The second kappa shape index (κ2) is 11.7. The zero-order chi connectivity index (χ0) is 33.0. The lowest BCUT2D eigenvalue weighted by Crippen LogP contribution is -2.44. The van der Waals surface area contributed by atoms with Crippen molar-refractivity contribution in [2.75, 3.05) is 18.1 Å². The van der Waals surface area contributed by atoms with Gasteiger partial charge in [0.15, 0.2) is 43.0 Å². The highest BCUT2D eigenvalue weighted by Gasteiger charge is 2.57. The van der Waals surface area contributed by atoms with E-state index in [0.29, 0.717) is 42.9 Å². The first kappa shape index (κ1) is 33.4. The molecule has 2 aromatic heterocycles. The van der Waals surface area contributed by atoms with Gasteiger partial charge in [0.2, 0.25) is 0 Å². The monoisotopic (exact) mass is 641 g/mol. The Hall–Kier alpha value is -2.96. The highest BCUT2D eigenvalue weighted by Crippen LogP contribution is 2.45. The second-order valence-corrected chi connectivity index (χ2v) is 19.8. The summed E-state index contributed by atoms with van der Waals surface area (Å²) in [6, 6.07) is 0. The van der Waals surface area contributed by atoms with E-state index < -0.39 is 43.8 Å². The third kappa shape index (κ3) is 7.07. The molecule has 0 bridgehead atoms. The van der Waals surface area contributed by atoms with Gasteiger partial charge in [0.25, 0.3) is 0 Å². The Morgan fingerprint density at radius 1 is 1.09 bits per heavy atom. The number of hydrogen-bond acceptors (Lipinski definition) is 11. The number of anilines is 1. The molecule has 246 valence electrons. The van der Waals surface area contributed by atoms with Gasteiger partial charge in [0.05, 0.1) is 12.9 Å². The molecule has 0 N–H and O–H groups in total. The molecule has 4 atom stereocenters. The lowest BCUT2D eigenvalue weighted by molar-refractivity contribution is -0.199. The standard InChI is InChI=1S/C31H47N7O6Si/c1-12-13-14-31(35-36-31)15-16-37(27(39)44-28(2,3)4)24-21-25(33-18-32-24)38(19-34-21)26-23-22(42-30(8,9)43-23)20(41-26)17-40-45(10,11)29(5,6)7/h1,18-20,22-23,26H,13-17H2,2-11H3/t20-,22+,23?,26-/m0/s1. The minimum Gasteiger partial charge on any atom is -0.443 e. The van der Waals surface area contributed by atoms with Gasteiger partial charge in [0, 0.05) is 25.8 Å². The molecule has 0 aromatic carbocycles. The average molecular weight is 642 g/mol. The summed E-state index contributed by atoms with van der Waals surface area (Å²) in [5.74, 6) is 2.16. The normalized spacial score (nSPS) is 25.3. The Kier molecular flexibility index (Phi) is 8.67. The Morgan fingerprint density at radius 2 is 1.78 bits per heavy atom. The Balaban J connectivity index is 1.44. The fraction of sp³-hybridized carbons (Fsp3) is 0.742. The third-order valence-corrected chi connectivity index (χ3v) is 13.3. The highest BCUT2D eigenvalue weighted by atomic mass is 28.4. The van der Waals surface area contributed by atoms with E-state index in [1.54, 1.807) is 6.33 Å². The fourth-order valence-electron chi connectivity index (χ4n) is 5.31. The molecule has 45 heavy (non-hydrogen) atoms. The van der Waals surface area contributed by atoms with Crippen molar-refractivity contribution in [3.05, 3.63) is 12.7 Å². The van der Waals surface area contributed by atoms with Crippen molar-refractivity contribution >= 4 is 31.4 Å². The van der Waals surface area contributed by atoms with E-state index in [9.17, 15) is 4.79 Å². The number of nitrogens with zero attached hydrogens (tertiary/aromatic N) is 7. The number of fused-ring (bicyclic) bond motifs is 2. The molecule has 3 aliphatic rings. The second-order valence-electron chi connectivity index (χ2n) is 15.0. The molecular weight excluding hydrogens is 594 g/mol. The zero-order valence-electron chi connectivity index (χ0n) is 28.2. The van der Waals surface area contributed by atoms with E-state index >= 15 is 0 Å². The average Bonchev–Trinajstić information content (AvgIpc) is 3.26. The molecule has 0 aliphatic carbocycles. The van der Waals surface area contributed by atoms with Gasteiger partial charge in [0.1, 0.15) is 30.2 Å². The molecule has 0 spiro atoms. The van der Waals surface area contributed by atoms with E-state index in [-0.39, 0.29) is 23.8 Å². The molecule has 0 radical (unpaired) electrons. The van der Waals surface area contributed by atoms with Crippen LogP contribution >= 0.6 is 0 Å². The summed E-state index contributed by atoms with van der Waals surface area (Å²) < 4.78 is 33.5. The predicted molar refractivity (Wildman–Crippen MR) is 170 cm³/mol. The number of imidazole rings is 1. The van der Waals surface area contributed by atoms with Crippen LogP contribution in [0, 0.1) is 12.3 Å². The van der Waals surface area contributed by atoms with Gasteiger partial charge in [-0.2, -0.15) is 10.2 Å². The Bertz CT molecular complexity index is 1480. The number of carbonyl (C=O) groups is 1. The first-order valence-corrected chi connectivity index (χ1v) is 18.5. The summed E-state index contributed by atoms with van der Waals surface area (Å²) in [6.45, 7) is 20.9. The van der Waals surface area contributed by atoms with Crippen molar-refractivity contribution in [1.82, 2.24) is 19.5 Å². The molecule has 2 saturated heterocycles. The molecule has 1 unspecified atom stereocenters. The van der Waals surface area contributed by atoms with Crippen molar-refractivity contribution in [3.63, 3.8) is 0 Å². The zero-order valence-corrected chi connectivity index (χ0v) is 29.2. The van der Waals surface area contributed by atoms with Crippen LogP contribution in [0.2, 0.25) is 18.1 Å². The molecule has 1 amide bonds. The number of ether oxygens (including phenoxy) is 4. The summed E-state index contributed by atoms with van der Waals surface area (Å²) >= 11 is 0. The van der Waals surface area contributed by atoms with Crippen LogP contribution in [0.4, 0.5) is 10.6 Å². The van der Waals surface area contributed by atoms with Gasteiger partial charge in [-0.1, -0.05) is 20.8 Å². The maximum absolute atomic E-state index is 13.5. The minimum atomic E-state index is -2.05. The fourth-order valence-corrected chi connectivity index (χ4v) is 6.32. The van der Waals surface area contributed by atoms with E-state index in [0.717, 1.165) is 0 Å². The Labute approximate surface area is 266 Å². The molecular formula is C31H47N7O6Si. The van der Waals surface area contributed by atoms with Crippen molar-refractivity contribution in [2.24, 2.45) is 10.2 Å². The largest absolute Gasteiger partial charge is 0.443 e. The summed E-state index contributed by atoms with van der Waals surface area (Å²) in [5, 5.41) is 8.51. The molecule has 3 aliphatic heterocycles. The number of carbonyl (C=O) groups excluding carboxylic acids is 1. The van der Waals surface area contributed by atoms with Crippen molar-refractivity contribution in [3.8, 4) is 12.3 Å². The molecule has 0 saturated carbocycles. The van der Waals surface area contributed by atoms with Crippen LogP contribution < -0.4 is 4.90 Å². The van der Waals surface area contributed by atoms with Gasteiger partial charge in [-0.3, -0.25) is 9.47 Å². The van der Waals surface area contributed by atoms with Gasteiger partial charge in [-0.15, -0.1) is 12.3 Å². The van der Waals surface area contributed by atoms with E-state index in [4.69, 9.17) is 29.8 Å². The number of amides is 1. The Morgan fingerprint density at radius 3 is 2.40 bits per heavy atom. The topological polar surface area (TPSA) is 135 Å². The predicted octanol–water partition coefficient (Wildman–Crippen LogP) is 5.97. The minimum absolute atomic E-state index is 0.0488. The lowest BCUT2D eigenvalue weighted by Gasteiger charge is -2.37. The number of terminal acetylenes is 1. The van der Waals surface area contributed by atoms with Crippen LogP contribution in [0.1, 0.15) is 80.9 Å². The van der Waals surface area contributed by atoms with Gasteiger partial charge < -0.3 is 23.4 Å².